The van der Waals surface area contributed by atoms with E-state index in [9.17, 15) is 14.8 Å². The van der Waals surface area contributed by atoms with Crippen LogP contribution in [0.25, 0.3) is 0 Å². The number of hydrogen-bond acceptors (Lipinski definition) is 8. The number of aromatic nitrogens is 3. The maximum absolute atomic E-state index is 11.8. The van der Waals surface area contributed by atoms with Gasteiger partial charge in [0.1, 0.15) is 5.82 Å². The molecule has 0 saturated carbocycles. The van der Waals surface area contributed by atoms with Crippen LogP contribution in [0.2, 0.25) is 0 Å². The largest absolute Gasteiger partial charge is 0.488 e. The summed E-state index contributed by atoms with van der Waals surface area (Å²) in [7, 11) is -1.52. The second kappa shape index (κ2) is 8.33. The molecule has 1 aromatic heterocycles. The SMILES string of the molecule is Cc1nc(NCc2cccc(B(O)O)c2)nc(N2c3cccc(C(N)=O)c3CC2C)n1. The Labute approximate surface area is 180 Å². The molecule has 1 aliphatic rings. The van der Waals surface area contributed by atoms with E-state index in [0.29, 0.717) is 41.7 Å². The highest BCUT2D eigenvalue weighted by Gasteiger charge is 2.32. The van der Waals surface area contributed by atoms with E-state index in [1.54, 1.807) is 37.3 Å². The van der Waals surface area contributed by atoms with E-state index in [4.69, 9.17) is 5.73 Å². The standard InChI is InChI=1S/C21H23BN6O3/c1-12-9-17-16(19(23)29)7-4-8-18(17)28(12)21-26-13(2)25-20(27-21)24-11-14-5-3-6-15(10-14)22(30)31/h3-8,10,12,30-31H,9,11H2,1-2H3,(H2,23,29)(H,24,25,26,27). The van der Waals surface area contributed by atoms with Gasteiger partial charge in [0, 0.05) is 23.8 Å². The molecule has 2 heterocycles. The summed E-state index contributed by atoms with van der Waals surface area (Å²) in [6, 6.07) is 12.5. The highest BCUT2D eigenvalue weighted by molar-refractivity contribution is 6.58. The van der Waals surface area contributed by atoms with E-state index in [-0.39, 0.29) is 6.04 Å². The highest BCUT2D eigenvalue weighted by atomic mass is 16.4. The minimum atomic E-state index is -1.52. The smallest absolute Gasteiger partial charge is 0.423 e. The number of amides is 1. The van der Waals surface area contributed by atoms with Crippen molar-refractivity contribution in [3.8, 4) is 0 Å². The lowest BCUT2D eigenvalue weighted by molar-refractivity contribution is 0.0999. The van der Waals surface area contributed by atoms with Crippen molar-refractivity contribution in [3.05, 3.63) is 65.0 Å². The lowest BCUT2D eigenvalue weighted by Gasteiger charge is -2.23. The molecule has 0 spiro atoms. The van der Waals surface area contributed by atoms with Crippen molar-refractivity contribution in [1.29, 1.82) is 0 Å². The number of primary amides is 1. The third-order valence-electron chi connectivity index (χ3n) is 5.27. The van der Waals surface area contributed by atoms with E-state index in [0.717, 1.165) is 16.8 Å². The third kappa shape index (κ3) is 4.21. The molecule has 0 bridgehead atoms. The van der Waals surface area contributed by atoms with Crippen LogP contribution in [0.3, 0.4) is 0 Å². The van der Waals surface area contributed by atoms with Gasteiger partial charge in [-0.25, -0.2) is 0 Å². The van der Waals surface area contributed by atoms with Gasteiger partial charge in [-0.15, -0.1) is 0 Å². The van der Waals surface area contributed by atoms with E-state index < -0.39 is 13.0 Å². The molecule has 9 nitrogen and oxygen atoms in total. The molecular weight excluding hydrogens is 395 g/mol. The Hall–Kier alpha value is -3.50. The number of benzene rings is 2. The molecule has 10 heteroatoms. The summed E-state index contributed by atoms with van der Waals surface area (Å²) in [5.41, 5.74) is 9.10. The van der Waals surface area contributed by atoms with Gasteiger partial charge in [-0.2, -0.15) is 15.0 Å². The second-order valence-electron chi connectivity index (χ2n) is 7.57. The minimum absolute atomic E-state index is 0.0490. The Morgan fingerprint density at radius 2 is 2.00 bits per heavy atom. The Bertz CT molecular complexity index is 1140. The van der Waals surface area contributed by atoms with Gasteiger partial charge >= 0.3 is 7.12 Å². The minimum Gasteiger partial charge on any atom is -0.423 e. The maximum atomic E-state index is 11.8. The first-order chi connectivity index (χ1) is 14.8. The van der Waals surface area contributed by atoms with Gasteiger partial charge in [0.25, 0.3) is 0 Å². The van der Waals surface area contributed by atoms with Crippen molar-refractivity contribution in [2.75, 3.05) is 10.2 Å². The molecule has 1 atom stereocenters. The van der Waals surface area contributed by atoms with Crippen molar-refractivity contribution in [1.82, 2.24) is 15.0 Å². The number of carbonyl (C=O) groups excluding carboxylic acids is 1. The number of rotatable bonds is 6. The zero-order valence-electron chi connectivity index (χ0n) is 17.3. The average Bonchev–Trinajstić information content (AvgIpc) is 3.07. The van der Waals surface area contributed by atoms with Crippen molar-refractivity contribution in [3.63, 3.8) is 0 Å². The van der Waals surface area contributed by atoms with Crippen molar-refractivity contribution in [2.24, 2.45) is 5.73 Å². The highest BCUT2D eigenvalue weighted by Crippen LogP contribution is 2.38. The van der Waals surface area contributed by atoms with E-state index in [1.807, 2.05) is 24.0 Å². The van der Waals surface area contributed by atoms with Gasteiger partial charge < -0.3 is 26.0 Å². The molecule has 0 aliphatic carbocycles. The van der Waals surface area contributed by atoms with Gasteiger partial charge in [0.05, 0.1) is 0 Å². The van der Waals surface area contributed by atoms with E-state index in [2.05, 4.69) is 20.3 Å². The Kier molecular flexibility index (Phi) is 5.58. The summed E-state index contributed by atoms with van der Waals surface area (Å²) in [6.45, 7) is 4.24. The van der Waals surface area contributed by atoms with Gasteiger partial charge in [0.15, 0.2) is 0 Å². The number of nitrogens with one attached hydrogen (secondary N) is 1. The number of nitrogens with two attached hydrogens (primary N) is 1. The predicted octanol–water partition coefficient (Wildman–Crippen LogP) is 0.654. The van der Waals surface area contributed by atoms with Crippen LogP contribution < -0.4 is 21.4 Å². The predicted molar refractivity (Wildman–Crippen MR) is 118 cm³/mol. The lowest BCUT2D eigenvalue weighted by atomic mass is 9.80. The fourth-order valence-electron chi connectivity index (χ4n) is 3.87. The molecule has 5 N–H and O–H groups in total. The van der Waals surface area contributed by atoms with Gasteiger partial charge in [-0.3, -0.25) is 4.79 Å². The van der Waals surface area contributed by atoms with Crippen LogP contribution in [-0.4, -0.2) is 44.1 Å². The van der Waals surface area contributed by atoms with Crippen molar-refractivity contribution < 1.29 is 14.8 Å². The monoisotopic (exact) mass is 418 g/mol. The molecule has 158 valence electrons. The van der Waals surface area contributed by atoms with Crippen LogP contribution in [0.1, 0.15) is 34.2 Å². The summed E-state index contributed by atoms with van der Waals surface area (Å²) >= 11 is 0. The summed E-state index contributed by atoms with van der Waals surface area (Å²) in [4.78, 5) is 27.3. The van der Waals surface area contributed by atoms with Gasteiger partial charge in [-0.05, 0) is 49.0 Å². The summed E-state index contributed by atoms with van der Waals surface area (Å²) in [5, 5.41) is 21.9. The molecular formula is C21H23BN6O3. The van der Waals surface area contributed by atoms with E-state index in [1.165, 1.54) is 0 Å². The average molecular weight is 418 g/mol. The third-order valence-corrected chi connectivity index (χ3v) is 5.27. The molecule has 0 fully saturated rings. The number of hydrogen-bond donors (Lipinski definition) is 4. The molecule has 31 heavy (non-hydrogen) atoms. The number of carbonyl (C=O) groups is 1. The first-order valence-electron chi connectivity index (χ1n) is 9.96. The Balaban J connectivity index is 1.62. The summed E-state index contributed by atoms with van der Waals surface area (Å²) in [5.74, 6) is 1.00. The molecule has 0 radical (unpaired) electrons. The maximum Gasteiger partial charge on any atom is 0.488 e. The second-order valence-corrected chi connectivity index (χ2v) is 7.57. The van der Waals surface area contributed by atoms with Gasteiger partial charge in [0.2, 0.25) is 17.8 Å². The molecule has 1 unspecified atom stereocenters. The molecule has 2 aromatic carbocycles. The number of anilines is 3. The molecule has 3 aromatic rings. The van der Waals surface area contributed by atoms with Crippen molar-refractivity contribution >= 4 is 36.1 Å². The summed E-state index contributed by atoms with van der Waals surface area (Å²) < 4.78 is 0. The lowest BCUT2D eigenvalue weighted by Crippen LogP contribution is -2.30. The Morgan fingerprint density at radius 1 is 1.23 bits per heavy atom. The zero-order chi connectivity index (χ0) is 22.1. The number of aryl methyl sites for hydroxylation is 1. The first kappa shape index (κ1) is 20.8. The Morgan fingerprint density at radius 3 is 2.74 bits per heavy atom. The number of fused-ring (bicyclic) bond motifs is 1. The quantitative estimate of drug-likeness (QED) is 0.429. The van der Waals surface area contributed by atoms with Gasteiger partial charge in [-0.1, -0.05) is 30.3 Å². The van der Waals surface area contributed by atoms with Crippen molar-refractivity contribution in [2.45, 2.75) is 32.9 Å². The molecule has 0 saturated heterocycles. The number of nitrogens with zero attached hydrogens (tertiary/aromatic N) is 4. The van der Waals surface area contributed by atoms with Crippen LogP contribution in [0, 0.1) is 6.92 Å². The summed E-state index contributed by atoms with van der Waals surface area (Å²) in [6.07, 6.45) is 0.665. The first-order valence-corrected chi connectivity index (χ1v) is 9.96. The van der Waals surface area contributed by atoms with Crippen LogP contribution in [-0.2, 0) is 13.0 Å². The normalized spacial score (nSPS) is 15.0. The fraction of sp³-hybridized carbons (Fsp3) is 0.238. The molecule has 4 rings (SSSR count). The van der Waals surface area contributed by atoms with E-state index >= 15 is 0 Å². The molecule has 1 amide bonds. The topological polar surface area (TPSA) is 137 Å². The fourth-order valence-corrected chi connectivity index (χ4v) is 3.87. The van der Waals surface area contributed by atoms with Crippen LogP contribution >= 0.6 is 0 Å². The molecule has 1 aliphatic heterocycles. The van der Waals surface area contributed by atoms with Crippen LogP contribution in [0.15, 0.2) is 42.5 Å². The van der Waals surface area contributed by atoms with Crippen LogP contribution in [0.5, 0.6) is 0 Å². The zero-order valence-corrected chi connectivity index (χ0v) is 17.3. The van der Waals surface area contributed by atoms with Crippen LogP contribution in [0.4, 0.5) is 17.6 Å².